The van der Waals surface area contributed by atoms with Gasteiger partial charge in [-0.25, -0.2) is 0 Å². The van der Waals surface area contributed by atoms with Crippen molar-refractivity contribution >= 4 is 17.7 Å². The molecule has 4 fully saturated rings. The molecule has 0 N–H and O–H groups in total. The van der Waals surface area contributed by atoms with Gasteiger partial charge in [0.05, 0.1) is 12.9 Å². The van der Waals surface area contributed by atoms with E-state index in [4.69, 9.17) is 4.74 Å². The van der Waals surface area contributed by atoms with E-state index in [9.17, 15) is 13.6 Å². The van der Waals surface area contributed by atoms with Crippen molar-refractivity contribution in [2.75, 3.05) is 19.9 Å². The minimum absolute atomic E-state index is 0.00222. The Morgan fingerprint density at radius 1 is 1.17 bits per heavy atom. The molecule has 1 amide bonds. The van der Waals surface area contributed by atoms with Gasteiger partial charge in [-0.2, -0.15) is 8.78 Å². The van der Waals surface area contributed by atoms with Crippen molar-refractivity contribution in [3.8, 4) is 11.5 Å². The number of methoxy groups -OCH3 is 1. The van der Waals surface area contributed by atoms with Crippen LogP contribution < -0.4 is 9.47 Å². The van der Waals surface area contributed by atoms with Gasteiger partial charge in [-0.05, 0) is 74.0 Å². The number of rotatable bonds is 8. The van der Waals surface area contributed by atoms with Crippen LogP contribution >= 0.6 is 11.8 Å². The Morgan fingerprint density at radius 3 is 2.34 bits per heavy atom. The molecule has 160 valence electrons. The zero-order valence-electron chi connectivity index (χ0n) is 17.0. The maximum Gasteiger partial charge on any atom is 0.387 e. The SMILES string of the molecule is COc1cc(CN(C)C(=O)CSC23CC4CC(CC(C4)C2)C3)ccc1OC(F)F. The molecule has 1 aromatic carbocycles. The molecule has 0 spiro atoms. The summed E-state index contributed by atoms with van der Waals surface area (Å²) < 4.78 is 34.9. The molecule has 0 unspecified atom stereocenters. The Balaban J connectivity index is 1.33. The van der Waals surface area contributed by atoms with Gasteiger partial charge >= 0.3 is 6.61 Å². The number of ether oxygens (including phenoxy) is 2. The number of halogens is 2. The minimum Gasteiger partial charge on any atom is -0.493 e. The van der Waals surface area contributed by atoms with Crippen LogP contribution in [0.1, 0.15) is 44.1 Å². The van der Waals surface area contributed by atoms with Crippen LogP contribution in [-0.2, 0) is 11.3 Å². The molecule has 4 aliphatic rings. The molecule has 4 saturated carbocycles. The summed E-state index contributed by atoms with van der Waals surface area (Å²) in [7, 11) is 3.20. The normalized spacial score (nSPS) is 29.9. The molecule has 0 aliphatic heterocycles. The summed E-state index contributed by atoms with van der Waals surface area (Å²) in [5.41, 5.74) is 0.819. The molecule has 0 saturated heterocycles. The number of hydrogen-bond donors (Lipinski definition) is 0. The van der Waals surface area contributed by atoms with Gasteiger partial charge in [0.1, 0.15) is 0 Å². The third-order valence-corrected chi connectivity index (χ3v) is 8.28. The smallest absolute Gasteiger partial charge is 0.387 e. The first kappa shape index (κ1) is 20.8. The lowest BCUT2D eigenvalue weighted by atomic mass is 9.56. The van der Waals surface area contributed by atoms with E-state index in [2.05, 4.69) is 4.74 Å². The molecule has 0 radical (unpaired) electrons. The average molecular weight is 426 g/mol. The van der Waals surface area contributed by atoms with Crippen LogP contribution in [0.25, 0.3) is 0 Å². The van der Waals surface area contributed by atoms with Gasteiger partial charge in [-0.3, -0.25) is 4.79 Å². The summed E-state index contributed by atoms with van der Waals surface area (Å²) in [5.74, 6) is 3.49. The summed E-state index contributed by atoms with van der Waals surface area (Å²) in [4.78, 5) is 14.5. The van der Waals surface area contributed by atoms with Gasteiger partial charge in [-0.1, -0.05) is 6.07 Å². The van der Waals surface area contributed by atoms with E-state index in [0.717, 1.165) is 23.3 Å². The summed E-state index contributed by atoms with van der Waals surface area (Å²) in [5, 5.41) is 0. The number of thioether (sulfide) groups is 1. The maximum absolute atomic E-state index is 12.8. The van der Waals surface area contributed by atoms with E-state index in [1.807, 2.05) is 11.8 Å². The highest BCUT2D eigenvalue weighted by Gasteiger charge is 2.51. The van der Waals surface area contributed by atoms with E-state index in [1.165, 1.54) is 51.7 Å². The van der Waals surface area contributed by atoms with Gasteiger partial charge in [0.15, 0.2) is 11.5 Å². The van der Waals surface area contributed by atoms with E-state index < -0.39 is 6.61 Å². The predicted octanol–water partition coefficient (Wildman–Crippen LogP) is 4.96. The van der Waals surface area contributed by atoms with Gasteiger partial charge < -0.3 is 14.4 Å². The molecule has 29 heavy (non-hydrogen) atoms. The zero-order chi connectivity index (χ0) is 20.6. The number of amides is 1. The Bertz CT molecular complexity index is 722. The highest BCUT2D eigenvalue weighted by Crippen LogP contribution is 2.60. The van der Waals surface area contributed by atoms with Crippen molar-refractivity contribution in [1.82, 2.24) is 4.90 Å². The molecule has 7 heteroatoms. The molecule has 4 bridgehead atoms. The number of hydrogen-bond acceptors (Lipinski definition) is 4. The van der Waals surface area contributed by atoms with Gasteiger partial charge in [0, 0.05) is 18.3 Å². The first-order valence-corrected chi connectivity index (χ1v) is 11.3. The number of alkyl halides is 2. The van der Waals surface area contributed by atoms with Crippen molar-refractivity contribution in [1.29, 1.82) is 0 Å². The summed E-state index contributed by atoms with van der Waals surface area (Å²) in [6, 6.07) is 4.80. The number of nitrogens with zero attached hydrogens (tertiary/aromatic N) is 1. The molecule has 1 aromatic rings. The Hall–Kier alpha value is -1.50. The fourth-order valence-corrected chi connectivity index (χ4v) is 7.61. The fraction of sp³-hybridized carbons (Fsp3) is 0.682. The average Bonchev–Trinajstić information content (AvgIpc) is 2.65. The Morgan fingerprint density at radius 2 is 1.79 bits per heavy atom. The van der Waals surface area contributed by atoms with E-state index in [1.54, 1.807) is 24.1 Å². The van der Waals surface area contributed by atoms with E-state index >= 15 is 0 Å². The molecular weight excluding hydrogens is 396 g/mol. The van der Waals surface area contributed by atoms with Crippen molar-refractivity contribution in [2.45, 2.75) is 56.4 Å². The van der Waals surface area contributed by atoms with Crippen molar-refractivity contribution < 1.29 is 23.0 Å². The fourth-order valence-electron chi connectivity index (χ4n) is 5.90. The molecule has 4 aliphatic carbocycles. The van der Waals surface area contributed by atoms with Crippen molar-refractivity contribution in [2.24, 2.45) is 17.8 Å². The highest BCUT2D eigenvalue weighted by atomic mass is 32.2. The first-order chi connectivity index (χ1) is 13.9. The molecule has 0 heterocycles. The highest BCUT2D eigenvalue weighted by molar-refractivity contribution is 8.01. The summed E-state index contributed by atoms with van der Waals surface area (Å²) in [6.45, 7) is -2.49. The van der Waals surface area contributed by atoms with E-state index in [0.29, 0.717) is 17.0 Å². The van der Waals surface area contributed by atoms with Gasteiger partial charge in [0.25, 0.3) is 0 Å². The van der Waals surface area contributed by atoms with Gasteiger partial charge in [-0.15, -0.1) is 11.8 Å². The summed E-state index contributed by atoms with van der Waals surface area (Å²) >= 11 is 1.88. The Kier molecular flexibility index (Phi) is 5.96. The third-order valence-electron chi connectivity index (χ3n) is 6.77. The number of carbonyl (C=O) groups excluding carboxylic acids is 1. The third kappa shape index (κ3) is 4.65. The molecular formula is C22H29F2NO3S. The number of carbonyl (C=O) groups is 1. The second kappa shape index (κ2) is 8.32. The quantitative estimate of drug-likeness (QED) is 0.590. The molecule has 4 nitrogen and oxygen atoms in total. The Labute approximate surface area is 175 Å². The second-order valence-electron chi connectivity index (χ2n) is 9.00. The van der Waals surface area contributed by atoms with Gasteiger partial charge in [0.2, 0.25) is 5.91 Å². The standard InChI is InChI=1S/C22H29F2NO3S/c1-25(12-14-3-4-18(28-21(23)24)19(8-14)27-2)20(26)13-29-22-9-15-5-16(10-22)7-17(6-15)11-22/h3-4,8,15-17,21H,5-7,9-13H2,1-2H3. The van der Waals surface area contributed by atoms with Crippen LogP contribution in [0.2, 0.25) is 0 Å². The lowest BCUT2D eigenvalue weighted by Crippen LogP contribution is -2.49. The monoisotopic (exact) mass is 425 g/mol. The second-order valence-corrected chi connectivity index (χ2v) is 10.4. The lowest BCUT2D eigenvalue weighted by Gasteiger charge is -2.56. The number of benzene rings is 1. The van der Waals surface area contributed by atoms with Crippen molar-refractivity contribution in [3.05, 3.63) is 23.8 Å². The van der Waals surface area contributed by atoms with Crippen LogP contribution in [0.3, 0.4) is 0 Å². The van der Waals surface area contributed by atoms with Crippen LogP contribution in [0.5, 0.6) is 11.5 Å². The first-order valence-electron chi connectivity index (χ1n) is 10.4. The summed E-state index contributed by atoms with van der Waals surface area (Å²) in [6.07, 6.45) is 8.05. The zero-order valence-corrected chi connectivity index (χ0v) is 17.9. The van der Waals surface area contributed by atoms with Crippen LogP contribution in [0, 0.1) is 17.8 Å². The molecule has 5 rings (SSSR count). The van der Waals surface area contributed by atoms with Crippen LogP contribution in [-0.4, -0.2) is 42.1 Å². The molecule has 0 atom stereocenters. The lowest BCUT2D eigenvalue weighted by molar-refractivity contribution is -0.127. The van der Waals surface area contributed by atoms with Crippen molar-refractivity contribution in [3.63, 3.8) is 0 Å². The van der Waals surface area contributed by atoms with Crippen LogP contribution in [0.4, 0.5) is 8.78 Å². The van der Waals surface area contributed by atoms with Crippen LogP contribution in [0.15, 0.2) is 18.2 Å². The van der Waals surface area contributed by atoms with E-state index in [-0.39, 0.29) is 17.4 Å². The molecule has 0 aromatic heterocycles. The predicted molar refractivity (Wildman–Crippen MR) is 109 cm³/mol. The topological polar surface area (TPSA) is 38.8 Å². The maximum atomic E-state index is 12.8. The largest absolute Gasteiger partial charge is 0.493 e. The minimum atomic E-state index is -2.90.